The summed E-state index contributed by atoms with van der Waals surface area (Å²) in [4.78, 5) is 35.1. The number of carbonyl (C=O) groups is 3. The van der Waals surface area contributed by atoms with Gasteiger partial charge in [0.25, 0.3) is 0 Å². The maximum Gasteiger partial charge on any atom is 0.324 e. The molecule has 1 rings (SSSR count). The van der Waals surface area contributed by atoms with Gasteiger partial charge in [-0.3, -0.25) is 14.9 Å². The number of imide groups is 1. The van der Waals surface area contributed by atoms with Crippen molar-refractivity contribution in [2.75, 3.05) is 18.1 Å². The number of carbonyl (C=O) groups excluding carboxylic acids is 2. The third-order valence-corrected chi connectivity index (χ3v) is 3.86. The van der Waals surface area contributed by atoms with E-state index in [0.717, 1.165) is 11.5 Å². The van der Waals surface area contributed by atoms with E-state index in [0.29, 0.717) is 6.54 Å². The van der Waals surface area contributed by atoms with E-state index in [-0.39, 0.29) is 31.3 Å². The SMILES string of the molecule is CC1CSCCN1C(=O)NC(=O)CCCC(=O)O. The Hall–Kier alpha value is -1.24. The van der Waals surface area contributed by atoms with Crippen molar-refractivity contribution in [1.82, 2.24) is 10.2 Å². The lowest BCUT2D eigenvalue weighted by Gasteiger charge is -2.32. The summed E-state index contributed by atoms with van der Waals surface area (Å²) >= 11 is 1.79. The smallest absolute Gasteiger partial charge is 0.324 e. The molecule has 18 heavy (non-hydrogen) atoms. The van der Waals surface area contributed by atoms with Crippen LogP contribution in [0.2, 0.25) is 0 Å². The first-order chi connectivity index (χ1) is 8.50. The Labute approximate surface area is 110 Å². The van der Waals surface area contributed by atoms with Crippen molar-refractivity contribution in [3.63, 3.8) is 0 Å². The minimum atomic E-state index is -0.934. The van der Waals surface area contributed by atoms with Crippen LogP contribution < -0.4 is 5.32 Å². The predicted molar refractivity (Wildman–Crippen MR) is 68.5 cm³/mol. The highest BCUT2D eigenvalue weighted by molar-refractivity contribution is 7.99. The highest BCUT2D eigenvalue weighted by atomic mass is 32.2. The van der Waals surface area contributed by atoms with Gasteiger partial charge >= 0.3 is 12.0 Å². The van der Waals surface area contributed by atoms with Crippen LogP contribution in [0.15, 0.2) is 0 Å². The van der Waals surface area contributed by atoms with Crippen molar-refractivity contribution in [1.29, 1.82) is 0 Å². The quantitative estimate of drug-likeness (QED) is 0.796. The van der Waals surface area contributed by atoms with Crippen molar-refractivity contribution in [3.05, 3.63) is 0 Å². The van der Waals surface area contributed by atoms with Crippen LogP contribution in [0.3, 0.4) is 0 Å². The normalized spacial score (nSPS) is 19.4. The Balaban J connectivity index is 2.30. The first kappa shape index (κ1) is 14.8. The predicted octanol–water partition coefficient (Wildman–Crippen LogP) is 0.915. The second kappa shape index (κ2) is 7.25. The van der Waals surface area contributed by atoms with E-state index in [1.807, 2.05) is 6.92 Å². The highest BCUT2D eigenvalue weighted by Gasteiger charge is 2.24. The zero-order chi connectivity index (χ0) is 13.5. The molecule has 0 radical (unpaired) electrons. The molecule has 1 atom stereocenters. The molecule has 1 saturated heterocycles. The number of carboxylic acid groups (broad SMARTS) is 1. The Morgan fingerprint density at radius 2 is 2.11 bits per heavy atom. The second-order valence-corrected chi connectivity index (χ2v) is 5.37. The Morgan fingerprint density at radius 3 is 2.72 bits per heavy atom. The van der Waals surface area contributed by atoms with Crippen molar-refractivity contribution in [2.24, 2.45) is 0 Å². The van der Waals surface area contributed by atoms with Gasteiger partial charge < -0.3 is 10.0 Å². The van der Waals surface area contributed by atoms with E-state index < -0.39 is 11.9 Å². The summed E-state index contributed by atoms with van der Waals surface area (Å²) in [5.74, 6) is 0.411. The maximum absolute atomic E-state index is 11.8. The van der Waals surface area contributed by atoms with Gasteiger partial charge in [-0.1, -0.05) is 0 Å². The monoisotopic (exact) mass is 274 g/mol. The van der Waals surface area contributed by atoms with Crippen LogP contribution in [-0.4, -0.2) is 52.0 Å². The molecule has 0 aromatic rings. The number of nitrogens with zero attached hydrogens (tertiary/aromatic N) is 1. The Bertz CT molecular complexity index is 335. The molecule has 6 nitrogen and oxygen atoms in total. The molecule has 0 bridgehead atoms. The van der Waals surface area contributed by atoms with Crippen molar-refractivity contribution in [3.8, 4) is 0 Å². The van der Waals surface area contributed by atoms with Gasteiger partial charge in [0.05, 0.1) is 0 Å². The first-order valence-electron chi connectivity index (χ1n) is 5.90. The zero-order valence-electron chi connectivity index (χ0n) is 10.3. The number of urea groups is 1. The number of hydrogen-bond donors (Lipinski definition) is 2. The number of rotatable bonds is 4. The minimum absolute atomic E-state index is 0.0572. The topological polar surface area (TPSA) is 86.7 Å². The molecule has 1 aliphatic rings. The molecule has 3 amide bonds. The van der Waals surface area contributed by atoms with Crippen LogP contribution in [0.25, 0.3) is 0 Å². The van der Waals surface area contributed by atoms with E-state index >= 15 is 0 Å². The van der Waals surface area contributed by atoms with Crippen LogP contribution in [0, 0.1) is 0 Å². The van der Waals surface area contributed by atoms with Gasteiger partial charge in [0.1, 0.15) is 0 Å². The third-order valence-electron chi connectivity index (χ3n) is 2.67. The molecule has 0 saturated carbocycles. The lowest BCUT2D eigenvalue weighted by molar-refractivity contribution is -0.137. The molecule has 0 aromatic carbocycles. The molecule has 2 N–H and O–H groups in total. The van der Waals surface area contributed by atoms with E-state index in [1.54, 1.807) is 16.7 Å². The van der Waals surface area contributed by atoms with Gasteiger partial charge in [-0.2, -0.15) is 11.8 Å². The summed E-state index contributed by atoms with van der Waals surface area (Å²) < 4.78 is 0. The molecule has 1 unspecified atom stereocenters. The molecule has 0 aliphatic carbocycles. The lowest BCUT2D eigenvalue weighted by Crippen LogP contribution is -2.50. The fourth-order valence-corrected chi connectivity index (χ4v) is 2.70. The summed E-state index contributed by atoms with van der Waals surface area (Å²) in [6.07, 6.45) is 0.257. The molecule has 7 heteroatoms. The average molecular weight is 274 g/mol. The zero-order valence-corrected chi connectivity index (χ0v) is 11.2. The van der Waals surface area contributed by atoms with E-state index in [1.165, 1.54) is 0 Å². The second-order valence-electron chi connectivity index (χ2n) is 4.22. The summed E-state index contributed by atoms with van der Waals surface area (Å²) in [7, 11) is 0. The van der Waals surface area contributed by atoms with Crippen LogP contribution >= 0.6 is 11.8 Å². The van der Waals surface area contributed by atoms with Gasteiger partial charge in [-0.15, -0.1) is 0 Å². The largest absolute Gasteiger partial charge is 0.481 e. The molecule has 1 aliphatic heterocycles. The summed E-state index contributed by atoms with van der Waals surface area (Å²) in [5, 5.41) is 10.7. The summed E-state index contributed by atoms with van der Waals surface area (Å²) in [6.45, 7) is 2.58. The van der Waals surface area contributed by atoms with Crippen molar-refractivity contribution >= 4 is 29.7 Å². The Kier molecular flexibility index (Phi) is 5.97. The number of hydrogen-bond acceptors (Lipinski definition) is 4. The van der Waals surface area contributed by atoms with Crippen LogP contribution in [-0.2, 0) is 9.59 Å². The number of nitrogens with one attached hydrogen (secondary N) is 1. The molecule has 1 heterocycles. The highest BCUT2D eigenvalue weighted by Crippen LogP contribution is 2.15. The number of thioether (sulfide) groups is 1. The van der Waals surface area contributed by atoms with Crippen LogP contribution in [0.4, 0.5) is 4.79 Å². The number of carboxylic acids is 1. The van der Waals surface area contributed by atoms with Crippen LogP contribution in [0.5, 0.6) is 0 Å². The minimum Gasteiger partial charge on any atom is -0.481 e. The summed E-state index contributed by atoms with van der Waals surface area (Å²) in [6, 6.07) is -0.251. The van der Waals surface area contributed by atoms with E-state index in [9.17, 15) is 14.4 Å². The van der Waals surface area contributed by atoms with E-state index in [4.69, 9.17) is 5.11 Å². The van der Waals surface area contributed by atoms with Gasteiger partial charge in [-0.25, -0.2) is 4.79 Å². The number of amides is 3. The Morgan fingerprint density at radius 1 is 1.39 bits per heavy atom. The maximum atomic E-state index is 11.8. The van der Waals surface area contributed by atoms with Crippen molar-refractivity contribution < 1.29 is 19.5 Å². The molecular weight excluding hydrogens is 256 g/mol. The first-order valence-corrected chi connectivity index (χ1v) is 7.06. The van der Waals surface area contributed by atoms with E-state index in [2.05, 4.69) is 5.32 Å². The lowest BCUT2D eigenvalue weighted by atomic mass is 10.2. The van der Waals surface area contributed by atoms with Gasteiger partial charge in [-0.05, 0) is 13.3 Å². The number of aliphatic carboxylic acids is 1. The van der Waals surface area contributed by atoms with Crippen LogP contribution in [0.1, 0.15) is 26.2 Å². The average Bonchev–Trinajstić information content (AvgIpc) is 2.28. The fraction of sp³-hybridized carbons (Fsp3) is 0.727. The molecule has 0 spiro atoms. The van der Waals surface area contributed by atoms with Crippen molar-refractivity contribution in [2.45, 2.75) is 32.2 Å². The van der Waals surface area contributed by atoms with Gasteiger partial charge in [0.2, 0.25) is 5.91 Å². The molecule has 102 valence electrons. The third kappa shape index (κ3) is 4.95. The molecule has 0 aromatic heterocycles. The molecule has 1 fully saturated rings. The molecular formula is C11H18N2O4S. The van der Waals surface area contributed by atoms with Gasteiger partial charge in [0, 0.05) is 36.9 Å². The standard InChI is InChI=1S/C11H18N2O4S/c1-8-7-18-6-5-13(8)11(17)12-9(14)3-2-4-10(15)16/h8H,2-7H2,1H3,(H,15,16)(H,12,14,17). The van der Waals surface area contributed by atoms with Gasteiger partial charge in [0.15, 0.2) is 0 Å². The fourth-order valence-electron chi connectivity index (χ4n) is 1.68. The summed E-state index contributed by atoms with van der Waals surface area (Å²) in [5.41, 5.74) is 0.